The highest BCUT2D eigenvalue weighted by Crippen LogP contribution is 2.38. The maximum absolute atomic E-state index is 9.16. The van der Waals surface area contributed by atoms with E-state index in [-0.39, 0.29) is 5.56 Å². The van der Waals surface area contributed by atoms with Gasteiger partial charge < -0.3 is 0 Å². The van der Waals surface area contributed by atoms with Gasteiger partial charge in [0.15, 0.2) is 24.8 Å². The summed E-state index contributed by atoms with van der Waals surface area (Å²) < 4.78 is 175. The molecule has 0 aliphatic rings. The summed E-state index contributed by atoms with van der Waals surface area (Å²) in [5.41, 5.74) is 18.2. The van der Waals surface area contributed by atoms with E-state index in [0.717, 1.165) is 95.0 Å². The van der Waals surface area contributed by atoms with Gasteiger partial charge in [-0.1, -0.05) is 228 Å². The molecule has 105 heavy (non-hydrogen) atoms. The Balaban J connectivity index is 0.000000191. The molecule has 4 heteroatoms. The number of rotatable bonds is 12. The van der Waals surface area contributed by atoms with Crippen LogP contribution in [0, 0.1) is 83.7 Å². The van der Waals surface area contributed by atoms with Crippen LogP contribution in [0.15, 0.2) is 237 Å². The maximum Gasteiger partial charge on any atom is 0.212 e. The van der Waals surface area contributed by atoms with Crippen LogP contribution in [0.2, 0.25) is 0 Å². The first kappa shape index (κ1) is 55.8. The number of nitrogens with zero attached hydrogens (tertiary/aromatic N) is 4. The van der Waals surface area contributed by atoms with Gasteiger partial charge in [-0.3, -0.25) is 0 Å². The van der Waals surface area contributed by atoms with Crippen LogP contribution >= 0.6 is 0 Å². The first-order valence-corrected chi connectivity index (χ1v) is 36.2. The summed E-state index contributed by atoms with van der Waals surface area (Å²) in [6.07, 6.45) is 0.731. The first-order chi connectivity index (χ1) is 57.3. The van der Waals surface area contributed by atoms with Crippen molar-refractivity contribution in [3.05, 3.63) is 309 Å². The van der Waals surface area contributed by atoms with E-state index in [1.54, 1.807) is 36.5 Å². The van der Waals surface area contributed by atoms with E-state index in [4.69, 9.17) is 27.4 Å². The zero-order chi connectivity index (χ0) is 93.6. The third-order valence-corrected chi connectivity index (χ3v) is 17.8. The van der Waals surface area contributed by atoms with Gasteiger partial charge in [-0.15, -0.1) is 0 Å². The summed E-state index contributed by atoms with van der Waals surface area (Å²) in [5.74, 6) is 0. The Bertz CT molecular complexity index is 5860. The lowest BCUT2D eigenvalue weighted by Crippen LogP contribution is -2.33. The largest absolute Gasteiger partial charge is 0.212 e. The Hall–Kier alpha value is -9.64. The summed E-state index contributed by atoms with van der Waals surface area (Å²) in [6, 6.07) is 66.6. The minimum absolute atomic E-state index is 0.265. The van der Waals surface area contributed by atoms with Crippen LogP contribution in [0.1, 0.15) is 183 Å². The first-order valence-electron chi connectivity index (χ1n) is 46.2. The number of aromatic nitrogens is 4. The predicted molar refractivity (Wildman–Crippen MR) is 449 cm³/mol. The van der Waals surface area contributed by atoms with E-state index < -0.39 is 74.6 Å². The van der Waals surface area contributed by atoms with Crippen LogP contribution in [0.5, 0.6) is 0 Å². The smallest absolute Gasteiger partial charge is 0.201 e. The summed E-state index contributed by atoms with van der Waals surface area (Å²) in [5, 5.41) is 0. The van der Waals surface area contributed by atoms with Gasteiger partial charge in [0.1, 0.15) is 28.2 Å². The fourth-order valence-electron chi connectivity index (χ4n) is 13.0. The molecule has 0 aliphatic heterocycles. The van der Waals surface area contributed by atoms with Crippen molar-refractivity contribution in [3.8, 4) is 89.5 Å². The van der Waals surface area contributed by atoms with E-state index in [0.29, 0.717) is 61.3 Å². The van der Waals surface area contributed by atoms with Crippen LogP contribution in [-0.2, 0) is 53.7 Å². The van der Waals surface area contributed by atoms with Gasteiger partial charge in [-0.05, 0) is 246 Å². The molecule has 0 unspecified atom stereocenters. The van der Waals surface area contributed by atoms with Crippen molar-refractivity contribution in [1.29, 1.82) is 0 Å². The maximum atomic E-state index is 9.16. The van der Waals surface area contributed by atoms with Gasteiger partial charge >= 0.3 is 0 Å². The molecule has 0 aliphatic carbocycles. The number of pyridine rings is 4. The highest BCUT2D eigenvalue weighted by atomic mass is 14.9. The second-order valence-electron chi connectivity index (χ2n) is 31.9. The number of benzene rings is 8. The van der Waals surface area contributed by atoms with E-state index in [1.807, 2.05) is 365 Å². The van der Waals surface area contributed by atoms with Crippen LogP contribution < -0.4 is 18.3 Å². The standard InChI is InChI=1S/C31H42N.2C25H30N.C20H20N/c1-21-11-13-24(14-12-21)27-17-28(23(3)15-22(27)2)29-16-25(18-30(4,5)6)26(20-32(29)10)19-31(7,8)9;1-18-14-19(2)23(15-22(18)21-10-8-7-9-11-21)24-13-12-20(17-26(24)6)16-25(3,4)5;1-18-14-19(2)23(16-22(18)21-10-8-7-9-11-21)24-15-20(12-13-26(24)6)17-25(3,4)5;1-15-13-16(2)19(20-11-7-8-12-21(20)3)14-18(15)17-9-5-4-6-10-17/h11-17,20H,18-19H2,1-10H3;7-15,17H,16H2,1-6H3;7-16H,17H2,1-6H3;4-14H,1-3H3/q4*+1/i2D3,18D2,19D2;1D3,16D2;1D3,17D2;1D3. The number of hydrogen-bond donors (Lipinski definition) is 0. The molecule has 0 spiro atoms. The van der Waals surface area contributed by atoms with Crippen molar-refractivity contribution in [2.45, 2.75) is 171 Å². The molecule has 542 valence electrons. The van der Waals surface area contributed by atoms with Gasteiger partial charge in [-0.2, -0.15) is 0 Å². The lowest BCUT2D eigenvalue weighted by molar-refractivity contribution is -0.661. The van der Waals surface area contributed by atoms with Crippen molar-refractivity contribution in [2.24, 2.45) is 49.9 Å². The molecule has 0 bridgehead atoms. The van der Waals surface area contributed by atoms with Crippen molar-refractivity contribution in [3.63, 3.8) is 0 Å². The number of hydrogen-bond acceptors (Lipinski definition) is 0. The molecule has 0 radical (unpaired) electrons. The average Bonchev–Trinajstić information content (AvgIpc) is 0.731. The van der Waals surface area contributed by atoms with Gasteiger partial charge in [0.2, 0.25) is 22.8 Å². The fourth-order valence-corrected chi connectivity index (χ4v) is 13.0. The molecule has 0 atom stereocenters. The predicted octanol–water partition coefficient (Wildman–Crippen LogP) is 24.5. The summed E-state index contributed by atoms with van der Waals surface area (Å²) in [6.45, 7) is 23.0. The Morgan fingerprint density at radius 3 is 1.00 bits per heavy atom. The molecule has 4 heterocycles. The third-order valence-electron chi connectivity index (χ3n) is 17.8. The molecule has 0 N–H and O–H groups in total. The zero-order valence-electron chi connectivity index (χ0n) is 85.8. The zero-order valence-corrected chi connectivity index (χ0v) is 65.8. The Kier molecular flexibility index (Phi) is 17.9. The summed E-state index contributed by atoms with van der Waals surface area (Å²) >= 11 is 0. The van der Waals surface area contributed by atoms with Crippen LogP contribution in [0.25, 0.3) is 89.5 Å². The van der Waals surface area contributed by atoms with E-state index in [2.05, 4.69) is 0 Å². The average molecular weight is 1410 g/mol. The van der Waals surface area contributed by atoms with E-state index >= 15 is 0 Å². The summed E-state index contributed by atoms with van der Waals surface area (Å²) in [4.78, 5) is 0. The molecule has 0 saturated heterocycles. The van der Waals surface area contributed by atoms with Crippen molar-refractivity contribution < 1.29 is 45.7 Å². The second-order valence-corrected chi connectivity index (χ2v) is 31.9. The van der Waals surface area contributed by atoms with Gasteiger partial charge in [0, 0.05) is 97.2 Å². The highest BCUT2D eigenvalue weighted by molar-refractivity contribution is 5.79. The molecule has 8 aromatic carbocycles. The highest BCUT2D eigenvalue weighted by Gasteiger charge is 2.27. The molecular weight excluding hydrogens is 1270 g/mol. The Labute approximate surface area is 662 Å². The summed E-state index contributed by atoms with van der Waals surface area (Å²) in [7, 11) is 7.65. The number of aryl methyl sites for hydroxylation is 13. The molecule has 12 rings (SSSR count). The van der Waals surface area contributed by atoms with Gasteiger partial charge in [0.05, 0.1) is 0 Å². The minimum atomic E-state index is -2.31. The molecular formula is C101H122N4+4. The van der Waals surface area contributed by atoms with Crippen molar-refractivity contribution >= 4 is 0 Å². The molecule has 4 nitrogen and oxygen atoms in total. The topological polar surface area (TPSA) is 15.5 Å². The van der Waals surface area contributed by atoms with Gasteiger partial charge in [0.25, 0.3) is 0 Å². The molecule has 12 aromatic rings. The van der Waals surface area contributed by atoms with Crippen molar-refractivity contribution in [2.75, 3.05) is 0 Å². The molecule has 0 amide bonds. The van der Waals surface area contributed by atoms with Crippen LogP contribution in [0.4, 0.5) is 0 Å². The fraction of sp³-hybridized carbons (Fsp3) is 0.327. The quantitative estimate of drug-likeness (QED) is 0.108. The van der Waals surface area contributed by atoms with Crippen LogP contribution in [0.3, 0.4) is 0 Å². The molecule has 4 aromatic heterocycles. The normalized spacial score (nSPS) is 15.5. The van der Waals surface area contributed by atoms with E-state index in [1.165, 1.54) is 0 Å². The van der Waals surface area contributed by atoms with E-state index in [9.17, 15) is 0 Å². The lowest BCUT2D eigenvalue weighted by atomic mass is 9.81. The Morgan fingerprint density at radius 1 is 0.267 bits per heavy atom. The second kappa shape index (κ2) is 33.6. The Morgan fingerprint density at radius 2 is 0.610 bits per heavy atom. The molecule has 0 saturated carbocycles. The van der Waals surface area contributed by atoms with Crippen LogP contribution in [-0.4, -0.2) is 0 Å². The van der Waals surface area contributed by atoms with Crippen molar-refractivity contribution in [1.82, 2.24) is 0 Å². The molecule has 0 fully saturated rings. The monoisotopic (exact) mass is 1410 g/mol. The van der Waals surface area contributed by atoms with Gasteiger partial charge in [-0.25, -0.2) is 18.3 Å². The lowest BCUT2D eigenvalue weighted by Gasteiger charge is -2.24. The SMILES string of the molecule is [2H]C([2H])([2H])c1cc(C)c(-c2cc(C([2H])([2H])C(C)(C)C)c(C([2H])([2H])C(C)(C)C)c[n+]2C)cc1-c1ccc(C)cc1.[2H]C([2H])([2H])c1cc(C)c(-c2cc(C([2H])([2H])C(C)(C)C)cc[n+]2C)cc1-c1ccccc1.[2H]C([2H])([2H])c1cc(C)c(-c2ccc(C([2H])([2H])C(C)(C)C)c[n+]2C)cc1-c1ccccc1.[2H]C([2H])([2H])c1cc(C)c(-c2cccc[n+]2C)cc1-c1ccccc1. The third kappa shape index (κ3) is 21.5. The minimum Gasteiger partial charge on any atom is -0.201 e.